The maximum atomic E-state index is 13.6. The van der Waals surface area contributed by atoms with Crippen LogP contribution in [0.3, 0.4) is 0 Å². The summed E-state index contributed by atoms with van der Waals surface area (Å²) in [5, 5.41) is 45.0. The quantitative estimate of drug-likeness (QED) is 0.0305. The van der Waals surface area contributed by atoms with Crippen LogP contribution in [0.4, 0.5) is 0 Å². The first kappa shape index (κ1) is 103. The van der Waals surface area contributed by atoms with E-state index in [2.05, 4.69) is 24.5 Å². The molecule has 0 spiro atoms. The van der Waals surface area contributed by atoms with Crippen LogP contribution in [0.5, 0.6) is 11.5 Å². The number of Topliss-reactive ketones (excluding diaryl/α,β-unsaturated/α-hetero) is 2. The molecule has 0 aromatic heterocycles. The second-order valence-corrected chi connectivity index (χ2v) is 27.4. The molecule has 0 saturated carbocycles. The predicted molar refractivity (Wildman–Crippen MR) is 430 cm³/mol. The molecule has 5 N–H and O–H groups in total. The summed E-state index contributed by atoms with van der Waals surface area (Å²) in [7, 11) is 0. The van der Waals surface area contributed by atoms with Crippen molar-refractivity contribution in [1.82, 2.24) is 30.2 Å². The Labute approximate surface area is 669 Å². The molecule has 584 valence electrons. The number of carbonyl (C=O) groups excluding carboxylic acids is 9. The molecule has 6 amide bonds. The normalized spacial score (nSPS) is 17.0. The van der Waals surface area contributed by atoms with Gasteiger partial charge in [-0.15, -0.1) is 0 Å². The van der Waals surface area contributed by atoms with Crippen LogP contribution in [0.1, 0.15) is 282 Å². The Hall–Kier alpha value is -4.16. The summed E-state index contributed by atoms with van der Waals surface area (Å²) in [6.45, 7) is 6.51. The average molecular weight is 1550 g/mol. The van der Waals surface area contributed by atoms with E-state index in [1.807, 2.05) is 0 Å². The maximum absolute atomic E-state index is 13.6. The number of likely N-dealkylation sites (tertiary alicyclic amines) is 4. The van der Waals surface area contributed by atoms with Crippen molar-refractivity contribution in [3.8, 4) is 11.5 Å². The second kappa shape index (κ2) is 59.8. The summed E-state index contributed by atoms with van der Waals surface area (Å²) < 4.78 is 0. The molecule has 4 aliphatic rings. The Morgan fingerprint density at radius 3 is 0.961 bits per heavy atom. The summed E-state index contributed by atoms with van der Waals surface area (Å²) in [6.07, 6.45) is 37.7. The Morgan fingerprint density at radius 2 is 0.660 bits per heavy atom. The van der Waals surface area contributed by atoms with Gasteiger partial charge in [-0.1, -0.05) is 192 Å². The van der Waals surface area contributed by atoms with Gasteiger partial charge in [0.1, 0.15) is 29.6 Å². The number of aliphatic carboxylic acids is 2. The van der Waals surface area contributed by atoms with Crippen LogP contribution in [-0.2, 0) is 60.8 Å². The van der Waals surface area contributed by atoms with Gasteiger partial charge in [-0.2, -0.15) is 81.0 Å². The van der Waals surface area contributed by atoms with Gasteiger partial charge in [0.05, 0.1) is 24.1 Å². The Morgan fingerprint density at radius 1 is 0.388 bits per heavy atom. The zero-order valence-corrected chi connectivity index (χ0v) is 68.2. The topological polar surface area (TPSA) is 291 Å². The van der Waals surface area contributed by atoms with E-state index < -0.39 is 60.0 Å². The number of unbranched alkanes of at least 4 members (excludes halogenated alkanes) is 24. The SMILES string of the molecule is CCCCCCCCCCCCCCCC(=O)N1CCC[C@H]1C(=O)N1CCC[C@H]1C(=O)CCC(=O)N[C@@H](Cc1ccc(O)cc1)C(=O)O.CCCCCCCCCCCCCCCC(=O)N1CCC[C@H]1C(=O)N1CCC[C@H]1C(=O)CCC(=O)N[C@@H](Cc1ccc(O)cc1)C(=O)[O-].S.S.S.S.S.S.[Li+]. The Bertz CT molecular complexity index is 2570. The first-order chi connectivity index (χ1) is 46.4. The molecular weight excluding hydrogens is 1420 g/mol. The van der Waals surface area contributed by atoms with E-state index in [-0.39, 0.29) is 185 Å². The van der Waals surface area contributed by atoms with Crippen LogP contribution < -0.4 is 34.6 Å². The number of ketones is 2. The molecule has 27 heteroatoms. The number of hydrogen-bond acceptors (Lipinski definition) is 13. The summed E-state index contributed by atoms with van der Waals surface area (Å²) in [6, 6.07) is 7.25. The van der Waals surface area contributed by atoms with Crippen LogP contribution in [0.15, 0.2) is 48.5 Å². The van der Waals surface area contributed by atoms with Crippen molar-refractivity contribution in [2.24, 2.45) is 0 Å². The molecule has 4 saturated heterocycles. The van der Waals surface area contributed by atoms with E-state index in [0.717, 1.165) is 51.4 Å². The van der Waals surface area contributed by atoms with E-state index in [4.69, 9.17) is 0 Å². The number of phenols is 2. The minimum Gasteiger partial charge on any atom is -0.548 e. The molecule has 103 heavy (non-hydrogen) atoms. The summed E-state index contributed by atoms with van der Waals surface area (Å²) >= 11 is 0. The molecule has 4 aliphatic heterocycles. The van der Waals surface area contributed by atoms with Gasteiger partial charge in [0.2, 0.25) is 35.4 Å². The van der Waals surface area contributed by atoms with Crippen molar-refractivity contribution in [2.45, 2.75) is 320 Å². The molecule has 0 bridgehead atoms. The van der Waals surface area contributed by atoms with Crippen molar-refractivity contribution < 1.29 is 87.2 Å². The fourth-order valence-corrected chi connectivity index (χ4v) is 14.1. The molecule has 0 radical (unpaired) electrons. The number of aromatic hydroxyl groups is 2. The van der Waals surface area contributed by atoms with Crippen LogP contribution in [-0.4, -0.2) is 156 Å². The number of amides is 6. The zero-order chi connectivity index (χ0) is 69.5. The van der Waals surface area contributed by atoms with Crippen molar-refractivity contribution >= 4 is 140 Å². The number of nitrogens with zero attached hydrogens (tertiary/aromatic N) is 4. The van der Waals surface area contributed by atoms with Gasteiger partial charge < -0.3 is 55.5 Å². The van der Waals surface area contributed by atoms with Crippen LogP contribution >= 0.6 is 81.0 Å². The van der Waals surface area contributed by atoms with Crippen molar-refractivity contribution in [3.63, 3.8) is 0 Å². The minimum atomic E-state index is -1.44. The van der Waals surface area contributed by atoms with Gasteiger partial charge in [0, 0.05) is 71.1 Å². The summed E-state index contributed by atoms with van der Waals surface area (Å²) in [4.78, 5) is 135. The summed E-state index contributed by atoms with van der Waals surface area (Å²) in [5.41, 5.74) is 1.24. The molecule has 2 aromatic rings. The van der Waals surface area contributed by atoms with Gasteiger partial charge in [0.15, 0.2) is 11.6 Å². The molecule has 6 atom stereocenters. The fourth-order valence-electron chi connectivity index (χ4n) is 14.1. The van der Waals surface area contributed by atoms with E-state index >= 15 is 0 Å². The number of carbonyl (C=O) groups is 10. The van der Waals surface area contributed by atoms with E-state index in [9.17, 15) is 68.4 Å². The zero-order valence-electron chi connectivity index (χ0n) is 62.2. The predicted octanol–water partition coefficient (Wildman–Crippen LogP) is 8.98. The number of carboxylic acids is 2. The number of benzene rings is 2. The molecule has 0 aliphatic carbocycles. The first-order valence-electron chi connectivity index (χ1n) is 37.3. The van der Waals surface area contributed by atoms with Crippen molar-refractivity contribution in [1.29, 1.82) is 0 Å². The van der Waals surface area contributed by atoms with Gasteiger partial charge in [0.25, 0.3) is 0 Å². The minimum absolute atomic E-state index is 0. The maximum Gasteiger partial charge on any atom is 1.00 e. The van der Waals surface area contributed by atoms with Gasteiger partial charge in [-0.3, -0.25) is 38.4 Å². The van der Waals surface area contributed by atoms with E-state index in [1.165, 1.54) is 153 Å². The largest absolute Gasteiger partial charge is 1.00 e. The van der Waals surface area contributed by atoms with Crippen LogP contribution in [0.25, 0.3) is 0 Å². The monoisotopic (exact) mass is 1550 g/mol. The van der Waals surface area contributed by atoms with Crippen LogP contribution in [0.2, 0.25) is 0 Å². The van der Waals surface area contributed by atoms with Crippen molar-refractivity contribution in [2.75, 3.05) is 26.2 Å². The standard InChI is InChI=1S/2C38H59N3O7.Li.6H2S/c2*1-2-3-4-5-6-7-8-9-10-11-12-13-14-19-36(45)40-26-16-18-33(40)37(46)41-27-15-17-32(41)34(43)24-25-35(44)39-31(38(47)48)28-29-20-22-30(42)23-21-29;;;;;;;/h2*20-23,31-33,42H,2-19,24-28H2,1H3,(H,39,44)(H,47,48);;6*1H2/q;;+1;;;;;;/p-1/t2*31-,32-,33-;;;;;;;/m00......./s1. The molecule has 4 heterocycles. The second-order valence-electron chi connectivity index (χ2n) is 27.4. The molecular formula is C76H129LiN6O14S6. The molecule has 2 aromatic carbocycles. The molecule has 20 nitrogen and oxygen atoms in total. The van der Waals surface area contributed by atoms with Crippen LogP contribution in [0, 0.1) is 0 Å². The number of rotatable bonds is 46. The number of hydrogen-bond donors (Lipinski definition) is 5. The third-order valence-corrected chi connectivity index (χ3v) is 19.7. The third-order valence-electron chi connectivity index (χ3n) is 19.7. The Balaban J connectivity index is -0.00000182. The Kier molecular flexibility index (Phi) is 59.8. The third kappa shape index (κ3) is 39.0. The number of nitrogens with one attached hydrogen (secondary N) is 2. The first-order valence-corrected chi connectivity index (χ1v) is 37.3. The molecule has 6 rings (SSSR count). The van der Waals surface area contributed by atoms with E-state index in [1.54, 1.807) is 43.9 Å². The van der Waals surface area contributed by atoms with E-state index in [0.29, 0.717) is 88.7 Å². The van der Waals surface area contributed by atoms with Gasteiger partial charge in [-0.25, -0.2) is 4.79 Å². The average Bonchev–Trinajstić information content (AvgIpc) is 1.70. The van der Waals surface area contributed by atoms with Gasteiger partial charge >= 0.3 is 24.8 Å². The summed E-state index contributed by atoms with van der Waals surface area (Å²) in [5.74, 6) is -4.45. The molecule has 4 fully saturated rings. The smallest absolute Gasteiger partial charge is 0.548 e. The number of phenolic OH excluding ortho intramolecular Hbond substituents is 2. The molecule has 0 unspecified atom stereocenters. The van der Waals surface area contributed by atoms with Gasteiger partial charge in [-0.05, 0) is 106 Å². The fraction of sp³-hybridized carbons (Fsp3) is 0.711. The van der Waals surface area contributed by atoms with Crippen molar-refractivity contribution in [3.05, 3.63) is 59.7 Å². The number of carboxylic acid groups (broad SMARTS) is 2.